The van der Waals surface area contributed by atoms with E-state index in [9.17, 15) is 9.59 Å². The number of hydrogen-bond acceptors (Lipinski definition) is 4. The molecule has 0 unspecified atom stereocenters. The molecule has 1 aliphatic carbocycles. The molecule has 0 spiro atoms. The van der Waals surface area contributed by atoms with Gasteiger partial charge in [0, 0.05) is 30.5 Å². The lowest BCUT2D eigenvalue weighted by Crippen LogP contribution is -2.29. The van der Waals surface area contributed by atoms with E-state index < -0.39 is 0 Å². The Hall–Kier alpha value is -3.02. The Bertz CT molecular complexity index is 843. The molecular weight excluding hydrogens is 354 g/mol. The number of amides is 2. The average Bonchev–Trinajstić information content (AvgIpc) is 3.36. The number of carbonyl (C=O) groups is 2. The van der Waals surface area contributed by atoms with Crippen LogP contribution in [0.5, 0.6) is 5.75 Å². The Morgan fingerprint density at radius 2 is 1.79 bits per heavy atom. The lowest BCUT2D eigenvalue weighted by atomic mass is 10.1. The number of hydrogen-bond donors (Lipinski definition) is 2. The molecule has 2 aromatic carbocycles. The van der Waals surface area contributed by atoms with Gasteiger partial charge in [0.2, 0.25) is 0 Å². The third-order valence-electron chi connectivity index (χ3n) is 5.00. The van der Waals surface area contributed by atoms with Gasteiger partial charge < -0.3 is 20.3 Å². The molecule has 1 saturated carbocycles. The molecule has 0 aromatic heterocycles. The Kier molecular flexibility index (Phi) is 5.46. The van der Waals surface area contributed by atoms with Gasteiger partial charge in [-0.1, -0.05) is 18.2 Å². The molecule has 28 heavy (non-hydrogen) atoms. The lowest BCUT2D eigenvalue weighted by molar-refractivity contribution is -0.118. The lowest BCUT2D eigenvalue weighted by Gasteiger charge is -2.22. The van der Waals surface area contributed by atoms with Crippen LogP contribution in [0.15, 0.2) is 48.5 Å². The molecule has 2 N–H and O–H groups in total. The zero-order valence-corrected chi connectivity index (χ0v) is 15.8. The van der Waals surface area contributed by atoms with Crippen molar-refractivity contribution in [2.24, 2.45) is 0 Å². The number of nitrogens with one attached hydrogen (secondary N) is 2. The van der Waals surface area contributed by atoms with Crippen LogP contribution < -0.4 is 20.3 Å². The average molecular weight is 379 g/mol. The number of carbonyl (C=O) groups excluding carboxylic acids is 2. The van der Waals surface area contributed by atoms with Gasteiger partial charge in [-0.05, 0) is 56.0 Å². The molecule has 0 bridgehead atoms. The van der Waals surface area contributed by atoms with Crippen LogP contribution >= 0.6 is 0 Å². The molecule has 1 saturated heterocycles. The maximum absolute atomic E-state index is 12.7. The van der Waals surface area contributed by atoms with Gasteiger partial charge in [-0.25, -0.2) is 0 Å². The summed E-state index contributed by atoms with van der Waals surface area (Å²) in [7, 11) is 0. The Balaban J connectivity index is 1.45. The zero-order valence-electron chi connectivity index (χ0n) is 15.8. The highest BCUT2D eigenvalue weighted by Gasteiger charge is 2.26. The molecule has 1 heterocycles. The van der Waals surface area contributed by atoms with Crippen molar-refractivity contribution in [1.82, 2.24) is 5.32 Å². The van der Waals surface area contributed by atoms with E-state index in [-0.39, 0.29) is 24.5 Å². The van der Waals surface area contributed by atoms with Crippen molar-refractivity contribution in [1.29, 1.82) is 0 Å². The zero-order chi connectivity index (χ0) is 19.3. The second-order valence-electron chi connectivity index (χ2n) is 7.32. The Morgan fingerprint density at radius 1 is 1.04 bits per heavy atom. The molecule has 2 aliphatic rings. The highest BCUT2D eigenvalue weighted by molar-refractivity contribution is 6.02. The highest BCUT2D eigenvalue weighted by atomic mass is 16.5. The third-order valence-corrected chi connectivity index (χ3v) is 5.00. The summed E-state index contributed by atoms with van der Waals surface area (Å²) in [5.41, 5.74) is 2.16. The van der Waals surface area contributed by atoms with Crippen molar-refractivity contribution >= 4 is 23.2 Å². The van der Waals surface area contributed by atoms with E-state index in [1.165, 1.54) is 0 Å². The first-order valence-corrected chi connectivity index (χ1v) is 9.86. The van der Waals surface area contributed by atoms with Crippen LogP contribution in [-0.2, 0) is 4.79 Å². The molecule has 2 amide bonds. The fourth-order valence-electron chi connectivity index (χ4n) is 3.38. The standard InChI is InChI=1S/C22H25N3O3/c26-21(15-28-18-6-2-1-3-7-18)23-17-10-11-20(25-12-4-5-13-25)19(14-17)22(27)24-16-8-9-16/h1-3,6-7,10-11,14,16H,4-5,8-9,12-13,15H2,(H,23,26)(H,24,27). The summed E-state index contributed by atoms with van der Waals surface area (Å²) < 4.78 is 5.48. The summed E-state index contributed by atoms with van der Waals surface area (Å²) in [6.45, 7) is 1.84. The first-order chi connectivity index (χ1) is 13.7. The second kappa shape index (κ2) is 8.33. The minimum Gasteiger partial charge on any atom is -0.484 e. The number of benzene rings is 2. The van der Waals surface area contributed by atoms with Crippen molar-refractivity contribution in [3.63, 3.8) is 0 Å². The molecular formula is C22H25N3O3. The Labute approximate surface area is 164 Å². The summed E-state index contributed by atoms with van der Waals surface area (Å²) in [6.07, 6.45) is 4.36. The smallest absolute Gasteiger partial charge is 0.262 e. The monoisotopic (exact) mass is 379 g/mol. The summed E-state index contributed by atoms with van der Waals surface area (Å²) in [4.78, 5) is 27.2. The largest absolute Gasteiger partial charge is 0.484 e. The van der Waals surface area contributed by atoms with Crippen LogP contribution in [0, 0.1) is 0 Å². The van der Waals surface area contributed by atoms with Crippen LogP contribution in [0.3, 0.4) is 0 Å². The van der Waals surface area contributed by atoms with E-state index in [1.54, 1.807) is 18.2 Å². The van der Waals surface area contributed by atoms with Crippen LogP contribution in [0.4, 0.5) is 11.4 Å². The topological polar surface area (TPSA) is 70.7 Å². The predicted octanol–water partition coefficient (Wildman–Crippen LogP) is 3.20. The van der Waals surface area contributed by atoms with Gasteiger partial charge in [0.25, 0.3) is 11.8 Å². The van der Waals surface area contributed by atoms with E-state index in [4.69, 9.17) is 4.74 Å². The fourth-order valence-corrected chi connectivity index (χ4v) is 3.38. The summed E-state index contributed by atoms with van der Waals surface area (Å²) in [5.74, 6) is 0.318. The third kappa shape index (κ3) is 4.63. The van der Waals surface area contributed by atoms with Gasteiger partial charge in [0.1, 0.15) is 5.75 Å². The number of rotatable bonds is 7. The van der Waals surface area contributed by atoms with Crippen molar-refractivity contribution in [3.05, 3.63) is 54.1 Å². The van der Waals surface area contributed by atoms with E-state index >= 15 is 0 Å². The van der Waals surface area contributed by atoms with Gasteiger partial charge in [-0.15, -0.1) is 0 Å². The predicted molar refractivity (Wildman–Crippen MR) is 109 cm³/mol. The van der Waals surface area contributed by atoms with E-state index in [0.717, 1.165) is 44.5 Å². The Morgan fingerprint density at radius 3 is 2.50 bits per heavy atom. The van der Waals surface area contributed by atoms with E-state index in [2.05, 4.69) is 15.5 Å². The molecule has 4 rings (SSSR count). The van der Waals surface area contributed by atoms with Crippen LogP contribution in [0.1, 0.15) is 36.0 Å². The van der Waals surface area contributed by atoms with Gasteiger partial charge >= 0.3 is 0 Å². The number of anilines is 2. The van der Waals surface area contributed by atoms with Crippen LogP contribution in [0.2, 0.25) is 0 Å². The van der Waals surface area contributed by atoms with E-state index in [0.29, 0.717) is 17.0 Å². The van der Waals surface area contributed by atoms with Crippen LogP contribution in [0.25, 0.3) is 0 Å². The van der Waals surface area contributed by atoms with Crippen molar-refractivity contribution in [2.45, 2.75) is 31.7 Å². The molecule has 6 heteroatoms. The van der Waals surface area contributed by atoms with Gasteiger partial charge in [0.15, 0.2) is 6.61 Å². The molecule has 2 aromatic rings. The summed E-state index contributed by atoms with van der Waals surface area (Å²) in [6, 6.07) is 15.1. The molecule has 146 valence electrons. The molecule has 0 radical (unpaired) electrons. The maximum atomic E-state index is 12.7. The molecule has 0 atom stereocenters. The summed E-state index contributed by atoms with van der Waals surface area (Å²) >= 11 is 0. The van der Waals surface area contributed by atoms with Crippen LogP contribution in [-0.4, -0.2) is 37.6 Å². The summed E-state index contributed by atoms with van der Waals surface area (Å²) in [5, 5.41) is 5.89. The van der Waals surface area contributed by atoms with Crippen molar-refractivity contribution in [2.75, 3.05) is 29.9 Å². The number of para-hydroxylation sites is 1. The molecule has 6 nitrogen and oxygen atoms in total. The first kappa shape index (κ1) is 18.3. The van der Waals surface area contributed by atoms with Crippen molar-refractivity contribution in [3.8, 4) is 5.75 Å². The van der Waals surface area contributed by atoms with Gasteiger partial charge in [0.05, 0.1) is 5.56 Å². The van der Waals surface area contributed by atoms with Gasteiger partial charge in [-0.3, -0.25) is 9.59 Å². The maximum Gasteiger partial charge on any atom is 0.262 e. The second-order valence-corrected chi connectivity index (χ2v) is 7.32. The SMILES string of the molecule is O=C(COc1ccccc1)Nc1ccc(N2CCCC2)c(C(=O)NC2CC2)c1. The fraction of sp³-hybridized carbons (Fsp3) is 0.364. The minimum absolute atomic E-state index is 0.0685. The highest BCUT2D eigenvalue weighted by Crippen LogP contribution is 2.29. The number of ether oxygens (including phenoxy) is 1. The number of nitrogens with zero attached hydrogens (tertiary/aromatic N) is 1. The molecule has 1 aliphatic heterocycles. The first-order valence-electron chi connectivity index (χ1n) is 9.86. The van der Waals surface area contributed by atoms with Gasteiger partial charge in [-0.2, -0.15) is 0 Å². The minimum atomic E-state index is -0.258. The molecule has 2 fully saturated rings. The quantitative estimate of drug-likeness (QED) is 0.775. The van der Waals surface area contributed by atoms with E-state index in [1.807, 2.05) is 30.3 Å². The van der Waals surface area contributed by atoms with Crippen molar-refractivity contribution < 1.29 is 14.3 Å². The normalized spacial score (nSPS) is 15.9.